The molecule has 2 aromatic rings. The molecule has 0 amide bonds. The molecule has 1 nitrogen and oxygen atoms in total. The van der Waals surface area contributed by atoms with Gasteiger partial charge in [-0.15, -0.1) is 0 Å². The molecule has 0 radical (unpaired) electrons. The number of halogens is 3. The Morgan fingerprint density at radius 2 is 1.86 bits per heavy atom. The molecule has 1 atom stereocenters. The van der Waals surface area contributed by atoms with Crippen molar-refractivity contribution in [1.29, 1.82) is 0 Å². The Bertz CT molecular complexity index is 654. The highest BCUT2D eigenvalue weighted by molar-refractivity contribution is 5.30. The Morgan fingerprint density at radius 3 is 2.67 bits per heavy atom. The van der Waals surface area contributed by atoms with Gasteiger partial charge in [0.2, 0.25) is 0 Å². The van der Waals surface area contributed by atoms with E-state index in [-0.39, 0.29) is 11.9 Å². The minimum atomic E-state index is -0.844. The number of fused-ring (bicyclic) bond motifs is 1. The number of benzene rings is 2. The summed E-state index contributed by atoms with van der Waals surface area (Å²) in [5.74, 6) is -1.88. The molecule has 2 aromatic carbocycles. The first-order valence-electron chi connectivity index (χ1n) is 6.95. The zero-order valence-corrected chi connectivity index (χ0v) is 11.4. The predicted octanol–water partition coefficient (Wildman–Crippen LogP) is 4.18. The van der Waals surface area contributed by atoms with Crippen molar-refractivity contribution >= 4 is 0 Å². The van der Waals surface area contributed by atoms with Crippen molar-refractivity contribution in [2.45, 2.75) is 32.0 Å². The average Bonchev–Trinajstić information content (AvgIpc) is 2.49. The third-order valence-corrected chi connectivity index (χ3v) is 3.86. The van der Waals surface area contributed by atoms with Gasteiger partial charge in [-0.2, -0.15) is 0 Å². The molecule has 1 unspecified atom stereocenters. The van der Waals surface area contributed by atoms with Crippen molar-refractivity contribution < 1.29 is 17.9 Å². The van der Waals surface area contributed by atoms with Gasteiger partial charge >= 0.3 is 0 Å². The Hall–Kier alpha value is -1.81. The van der Waals surface area contributed by atoms with Gasteiger partial charge in [-0.05, 0) is 47.7 Å². The number of hydrogen-bond acceptors (Lipinski definition) is 1. The fourth-order valence-electron chi connectivity index (χ4n) is 2.67. The minimum Gasteiger partial charge on any atom is -0.373 e. The van der Waals surface area contributed by atoms with Gasteiger partial charge in [0.15, 0.2) is 11.6 Å². The highest BCUT2D eigenvalue weighted by atomic mass is 19.2. The highest BCUT2D eigenvalue weighted by Gasteiger charge is 2.21. The SMILES string of the molecule is Fc1ccc(CCC2Cc3c(F)cccc3CO2)cc1F. The third kappa shape index (κ3) is 3.10. The maximum Gasteiger partial charge on any atom is 0.159 e. The van der Waals surface area contributed by atoms with Gasteiger partial charge in [-0.1, -0.05) is 18.2 Å². The van der Waals surface area contributed by atoms with Crippen LogP contribution in [-0.4, -0.2) is 6.10 Å². The lowest BCUT2D eigenvalue weighted by atomic mass is 9.95. The first-order valence-corrected chi connectivity index (χ1v) is 6.95. The predicted molar refractivity (Wildman–Crippen MR) is 73.4 cm³/mol. The standard InChI is InChI=1S/C17H15F3O/c18-15-3-1-2-12-10-21-13(9-14(12)15)6-4-11-5-7-16(19)17(20)8-11/h1-3,5,7-8,13H,4,6,9-10H2. The third-order valence-electron chi connectivity index (χ3n) is 3.86. The first-order chi connectivity index (χ1) is 10.1. The van der Waals surface area contributed by atoms with E-state index in [0.29, 0.717) is 31.4 Å². The largest absolute Gasteiger partial charge is 0.373 e. The molecular formula is C17H15F3O. The molecule has 0 saturated heterocycles. The summed E-state index contributed by atoms with van der Waals surface area (Å²) < 4.78 is 45.5. The summed E-state index contributed by atoms with van der Waals surface area (Å²) in [6.45, 7) is 0.398. The second kappa shape index (κ2) is 5.90. The summed E-state index contributed by atoms with van der Waals surface area (Å²) >= 11 is 0. The molecule has 4 heteroatoms. The number of rotatable bonds is 3. The fraction of sp³-hybridized carbons (Fsp3) is 0.294. The second-order valence-corrected chi connectivity index (χ2v) is 5.30. The van der Waals surface area contributed by atoms with Crippen LogP contribution in [0.4, 0.5) is 13.2 Å². The van der Waals surface area contributed by atoms with Gasteiger partial charge in [0.25, 0.3) is 0 Å². The van der Waals surface area contributed by atoms with Crippen molar-refractivity contribution in [1.82, 2.24) is 0 Å². The van der Waals surface area contributed by atoms with E-state index < -0.39 is 11.6 Å². The molecule has 3 rings (SSSR count). The van der Waals surface area contributed by atoms with Crippen LogP contribution < -0.4 is 0 Å². The van der Waals surface area contributed by atoms with E-state index in [9.17, 15) is 13.2 Å². The van der Waals surface area contributed by atoms with E-state index in [1.807, 2.05) is 6.07 Å². The quantitative estimate of drug-likeness (QED) is 0.824. The van der Waals surface area contributed by atoms with Gasteiger partial charge in [-0.3, -0.25) is 0 Å². The molecule has 0 fully saturated rings. The van der Waals surface area contributed by atoms with Gasteiger partial charge in [0.05, 0.1) is 12.7 Å². The smallest absolute Gasteiger partial charge is 0.159 e. The van der Waals surface area contributed by atoms with E-state index >= 15 is 0 Å². The lowest BCUT2D eigenvalue weighted by molar-refractivity contribution is 0.0223. The van der Waals surface area contributed by atoms with Crippen LogP contribution in [0.2, 0.25) is 0 Å². The van der Waals surface area contributed by atoms with Gasteiger partial charge < -0.3 is 4.74 Å². The van der Waals surface area contributed by atoms with Crippen molar-refractivity contribution in [3.05, 3.63) is 70.5 Å². The van der Waals surface area contributed by atoms with E-state index in [2.05, 4.69) is 0 Å². The summed E-state index contributed by atoms with van der Waals surface area (Å²) in [4.78, 5) is 0. The summed E-state index contributed by atoms with van der Waals surface area (Å²) in [5.41, 5.74) is 2.31. The molecule has 0 bridgehead atoms. The summed E-state index contributed by atoms with van der Waals surface area (Å²) in [5, 5.41) is 0. The molecule has 1 heterocycles. The lowest BCUT2D eigenvalue weighted by Gasteiger charge is -2.25. The summed E-state index contributed by atoms with van der Waals surface area (Å²) in [7, 11) is 0. The van der Waals surface area contributed by atoms with Gasteiger partial charge in [0.1, 0.15) is 5.82 Å². The van der Waals surface area contributed by atoms with Crippen molar-refractivity contribution in [3.63, 3.8) is 0 Å². The maximum absolute atomic E-state index is 13.8. The second-order valence-electron chi connectivity index (χ2n) is 5.30. The van der Waals surface area contributed by atoms with Gasteiger partial charge in [0, 0.05) is 6.42 Å². The van der Waals surface area contributed by atoms with E-state index in [0.717, 1.165) is 17.2 Å². The van der Waals surface area contributed by atoms with Crippen LogP contribution in [0.3, 0.4) is 0 Å². The minimum absolute atomic E-state index is 0.0949. The number of hydrogen-bond donors (Lipinski definition) is 0. The Balaban J connectivity index is 1.65. The average molecular weight is 292 g/mol. The normalized spacial score (nSPS) is 17.6. The fourth-order valence-corrected chi connectivity index (χ4v) is 2.67. The van der Waals surface area contributed by atoms with Crippen LogP contribution in [0.5, 0.6) is 0 Å². The molecule has 21 heavy (non-hydrogen) atoms. The highest BCUT2D eigenvalue weighted by Crippen LogP contribution is 2.25. The van der Waals surface area contributed by atoms with Crippen LogP contribution in [0.15, 0.2) is 36.4 Å². The van der Waals surface area contributed by atoms with Crippen LogP contribution in [0.1, 0.15) is 23.1 Å². The topological polar surface area (TPSA) is 9.23 Å². The van der Waals surface area contributed by atoms with Crippen molar-refractivity contribution in [2.75, 3.05) is 0 Å². The zero-order valence-electron chi connectivity index (χ0n) is 11.4. The van der Waals surface area contributed by atoms with Crippen LogP contribution in [-0.2, 0) is 24.2 Å². The molecule has 0 aliphatic carbocycles. The molecule has 0 spiro atoms. The van der Waals surface area contributed by atoms with Gasteiger partial charge in [-0.25, -0.2) is 13.2 Å². The Kier molecular flexibility index (Phi) is 3.97. The van der Waals surface area contributed by atoms with Crippen molar-refractivity contribution in [2.24, 2.45) is 0 Å². The molecule has 1 aliphatic rings. The maximum atomic E-state index is 13.8. The summed E-state index contributed by atoms with van der Waals surface area (Å²) in [6, 6.07) is 8.89. The number of aryl methyl sites for hydroxylation is 1. The van der Waals surface area contributed by atoms with Crippen molar-refractivity contribution in [3.8, 4) is 0 Å². The monoisotopic (exact) mass is 292 g/mol. The number of ether oxygens (including phenoxy) is 1. The van der Waals surface area contributed by atoms with Crippen LogP contribution in [0, 0.1) is 17.5 Å². The molecule has 110 valence electrons. The summed E-state index contributed by atoms with van der Waals surface area (Å²) in [6.07, 6.45) is 1.65. The van der Waals surface area contributed by atoms with E-state index in [1.54, 1.807) is 12.1 Å². The molecule has 0 aromatic heterocycles. The Morgan fingerprint density at radius 1 is 1.00 bits per heavy atom. The molecule has 0 saturated carbocycles. The molecule has 1 aliphatic heterocycles. The Labute approximate surface area is 121 Å². The van der Waals surface area contributed by atoms with Crippen LogP contribution in [0.25, 0.3) is 0 Å². The van der Waals surface area contributed by atoms with Crippen LogP contribution >= 0.6 is 0 Å². The first kappa shape index (κ1) is 14.1. The molecular weight excluding hydrogens is 277 g/mol. The zero-order chi connectivity index (χ0) is 14.8. The van der Waals surface area contributed by atoms with E-state index in [4.69, 9.17) is 4.74 Å². The van der Waals surface area contributed by atoms with E-state index in [1.165, 1.54) is 12.1 Å². The molecule has 0 N–H and O–H groups in total. The lowest BCUT2D eigenvalue weighted by Crippen LogP contribution is -2.24.